The SMILES string of the molecule is COc1cccc(-c2cc(C(=O)Nc3cc4ccc(O[C@@H]5OC(C)(C)[C@H](OC)[C@@H](O)[C@H]5O)c(OC)c4oc3=O)ccc2OC)c1. The fourth-order valence-electron chi connectivity index (χ4n) is 5.40. The van der Waals surface area contributed by atoms with Crippen molar-refractivity contribution < 1.29 is 47.8 Å². The number of aliphatic hydroxyl groups is 2. The molecule has 3 aromatic carbocycles. The molecular formula is C33H35NO11. The number of methoxy groups -OCH3 is 4. The second-order valence-corrected chi connectivity index (χ2v) is 10.9. The van der Waals surface area contributed by atoms with Gasteiger partial charge in [-0.25, -0.2) is 4.79 Å². The summed E-state index contributed by atoms with van der Waals surface area (Å²) in [4.78, 5) is 26.3. The van der Waals surface area contributed by atoms with Gasteiger partial charge in [-0.1, -0.05) is 12.1 Å². The lowest BCUT2D eigenvalue weighted by atomic mass is 9.89. The maximum absolute atomic E-state index is 13.3. The van der Waals surface area contributed by atoms with Gasteiger partial charge in [0.2, 0.25) is 12.0 Å². The number of anilines is 1. The summed E-state index contributed by atoms with van der Waals surface area (Å²) in [6.45, 7) is 3.40. The number of hydrogen-bond donors (Lipinski definition) is 3. The number of carbonyl (C=O) groups is 1. The molecule has 1 aromatic heterocycles. The third-order valence-corrected chi connectivity index (χ3v) is 7.66. The van der Waals surface area contributed by atoms with Crippen molar-refractivity contribution >= 4 is 22.6 Å². The first-order valence-corrected chi connectivity index (χ1v) is 14.0. The molecule has 0 spiro atoms. The zero-order chi connectivity index (χ0) is 32.5. The molecule has 12 nitrogen and oxygen atoms in total. The van der Waals surface area contributed by atoms with Crippen molar-refractivity contribution in [1.29, 1.82) is 0 Å². The number of aliphatic hydroxyl groups excluding tert-OH is 2. The van der Waals surface area contributed by atoms with Crippen molar-refractivity contribution in [1.82, 2.24) is 0 Å². The Morgan fingerprint density at radius 2 is 1.64 bits per heavy atom. The molecule has 1 saturated heterocycles. The van der Waals surface area contributed by atoms with Gasteiger partial charge in [-0.3, -0.25) is 4.79 Å². The third kappa shape index (κ3) is 6.18. The first-order valence-electron chi connectivity index (χ1n) is 14.0. The standard InChI is InChI=1S/C33H35NO11/c1-33(2)29(42-6)25(35)26(36)32(45-33)43-24-13-10-18-16-22(31(38)44-27(18)28(24)41-5)34-30(37)19-11-12-23(40-4)21(15-19)17-8-7-9-20(14-17)39-3/h7-16,25-26,29,32,35-36H,1-6H3,(H,34,37)/t25-,26+,29+,32+/m0/s1. The maximum atomic E-state index is 13.3. The van der Waals surface area contributed by atoms with Crippen LogP contribution in [0.3, 0.4) is 0 Å². The number of benzene rings is 3. The third-order valence-electron chi connectivity index (χ3n) is 7.66. The van der Waals surface area contributed by atoms with Crippen molar-refractivity contribution in [2.45, 2.75) is 44.1 Å². The smallest absolute Gasteiger partial charge is 0.360 e. The average molecular weight is 622 g/mol. The maximum Gasteiger partial charge on any atom is 0.360 e. The predicted molar refractivity (Wildman–Crippen MR) is 164 cm³/mol. The second kappa shape index (κ2) is 12.8. The second-order valence-electron chi connectivity index (χ2n) is 10.9. The van der Waals surface area contributed by atoms with Crippen LogP contribution in [0, 0.1) is 0 Å². The molecule has 2 heterocycles. The van der Waals surface area contributed by atoms with E-state index in [0.29, 0.717) is 22.4 Å². The summed E-state index contributed by atoms with van der Waals surface area (Å²) >= 11 is 0. The molecule has 1 aliphatic heterocycles. The van der Waals surface area contributed by atoms with Gasteiger partial charge < -0.3 is 48.4 Å². The van der Waals surface area contributed by atoms with E-state index in [0.717, 1.165) is 5.56 Å². The first kappa shape index (κ1) is 31.8. The zero-order valence-corrected chi connectivity index (χ0v) is 25.7. The summed E-state index contributed by atoms with van der Waals surface area (Å²) in [5.74, 6) is 0.802. The molecule has 12 heteroatoms. The average Bonchev–Trinajstić information content (AvgIpc) is 3.03. The van der Waals surface area contributed by atoms with Crippen LogP contribution in [0.25, 0.3) is 22.1 Å². The number of carbonyl (C=O) groups excluding carboxylic acids is 1. The van der Waals surface area contributed by atoms with Crippen LogP contribution in [0.4, 0.5) is 5.69 Å². The van der Waals surface area contributed by atoms with Crippen molar-refractivity contribution in [3.63, 3.8) is 0 Å². The summed E-state index contributed by atoms with van der Waals surface area (Å²) in [7, 11) is 5.87. The lowest BCUT2D eigenvalue weighted by molar-refractivity contribution is -0.306. The topological polar surface area (TPSA) is 155 Å². The Hall–Kier alpha value is -4.62. The predicted octanol–water partition coefficient (Wildman–Crippen LogP) is 3.99. The highest BCUT2D eigenvalue weighted by Gasteiger charge is 2.50. The number of amides is 1. The minimum absolute atomic E-state index is 0.0441. The molecule has 3 N–H and O–H groups in total. The molecule has 45 heavy (non-hydrogen) atoms. The molecule has 0 unspecified atom stereocenters. The lowest BCUT2D eigenvalue weighted by Crippen LogP contribution is -2.63. The van der Waals surface area contributed by atoms with Gasteiger partial charge in [0.25, 0.3) is 5.91 Å². The van der Waals surface area contributed by atoms with Crippen molar-refractivity contribution in [3.8, 4) is 34.1 Å². The molecule has 1 aliphatic rings. The van der Waals surface area contributed by atoms with Gasteiger partial charge in [0.1, 0.15) is 35.5 Å². The quantitative estimate of drug-likeness (QED) is 0.232. The van der Waals surface area contributed by atoms with Crippen molar-refractivity contribution in [3.05, 3.63) is 76.6 Å². The summed E-state index contributed by atoms with van der Waals surface area (Å²) in [6, 6.07) is 16.8. The minimum Gasteiger partial charge on any atom is -0.497 e. The van der Waals surface area contributed by atoms with Crippen LogP contribution in [-0.4, -0.2) is 74.8 Å². The van der Waals surface area contributed by atoms with E-state index in [4.69, 9.17) is 32.8 Å². The fraction of sp³-hybridized carbons (Fsp3) is 0.333. The van der Waals surface area contributed by atoms with Crippen LogP contribution < -0.4 is 29.9 Å². The lowest BCUT2D eigenvalue weighted by Gasteiger charge is -2.46. The van der Waals surface area contributed by atoms with Gasteiger partial charge in [0, 0.05) is 23.6 Å². The van der Waals surface area contributed by atoms with Crippen LogP contribution in [0.5, 0.6) is 23.0 Å². The first-order chi connectivity index (χ1) is 21.5. The molecule has 4 aromatic rings. The van der Waals surface area contributed by atoms with Gasteiger partial charge in [0.05, 0.1) is 26.9 Å². The van der Waals surface area contributed by atoms with E-state index in [2.05, 4.69) is 5.32 Å². The normalized spacial score (nSPS) is 20.8. The summed E-state index contributed by atoms with van der Waals surface area (Å²) in [6.07, 6.45) is -4.83. The van der Waals surface area contributed by atoms with E-state index in [1.54, 1.807) is 45.2 Å². The Labute approximate surface area is 259 Å². The molecule has 0 aliphatic carbocycles. The molecular weight excluding hydrogens is 586 g/mol. The van der Waals surface area contributed by atoms with E-state index in [-0.39, 0.29) is 28.3 Å². The van der Waals surface area contributed by atoms with Gasteiger partial charge >= 0.3 is 5.63 Å². The van der Waals surface area contributed by atoms with Gasteiger partial charge in [0.15, 0.2) is 11.3 Å². The molecule has 1 fully saturated rings. The van der Waals surface area contributed by atoms with E-state index in [9.17, 15) is 19.8 Å². The van der Waals surface area contributed by atoms with E-state index < -0.39 is 41.7 Å². The number of rotatable bonds is 9. The van der Waals surface area contributed by atoms with Crippen LogP contribution in [0.1, 0.15) is 24.2 Å². The molecule has 0 saturated carbocycles. The van der Waals surface area contributed by atoms with E-state index in [1.165, 1.54) is 33.5 Å². The molecule has 0 radical (unpaired) electrons. The van der Waals surface area contributed by atoms with Crippen LogP contribution in [0.2, 0.25) is 0 Å². The number of ether oxygens (including phenoxy) is 6. The Balaban J connectivity index is 1.42. The number of fused-ring (bicyclic) bond motifs is 1. The fourth-order valence-corrected chi connectivity index (χ4v) is 5.40. The van der Waals surface area contributed by atoms with Crippen LogP contribution in [-0.2, 0) is 9.47 Å². The Bertz CT molecular complexity index is 1770. The van der Waals surface area contributed by atoms with Gasteiger partial charge in [-0.15, -0.1) is 0 Å². The van der Waals surface area contributed by atoms with Crippen LogP contribution >= 0.6 is 0 Å². The monoisotopic (exact) mass is 621 g/mol. The Kier molecular flexibility index (Phi) is 9.03. The molecule has 5 rings (SSSR count). The Morgan fingerprint density at radius 1 is 0.889 bits per heavy atom. The zero-order valence-electron chi connectivity index (χ0n) is 25.7. The highest BCUT2D eigenvalue weighted by Crippen LogP contribution is 2.39. The van der Waals surface area contributed by atoms with E-state index in [1.807, 2.05) is 24.3 Å². The molecule has 4 atom stereocenters. The van der Waals surface area contributed by atoms with Crippen molar-refractivity contribution in [2.24, 2.45) is 0 Å². The summed E-state index contributed by atoms with van der Waals surface area (Å²) < 4.78 is 39.0. The molecule has 0 bridgehead atoms. The largest absolute Gasteiger partial charge is 0.497 e. The molecule has 1 amide bonds. The summed E-state index contributed by atoms with van der Waals surface area (Å²) in [5.41, 5.74) is -0.166. The van der Waals surface area contributed by atoms with Crippen molar-refractivity contribution in [2.75, 3.05) is 33.8 Å². The van der Waals surface area contributed by atoms with Crippen LogP contribution in [0.15, 0.2) is 69.9 Å². The van der Waals surface area contributed by atoms with Gasteiger partial charge in [-0.05, 0) is 67.9 Å². The highest BCUT2D eigenvalue weighted by molar-refractivity contribution is 6.06. The molecule has 238 valence electrons. The van der Waals surface area contributed by atoms with E-state index >= 15 is 0 Å². The minimum atomic E-state index is -1.45. The number of hydrogen-bond acceptors (Lipinski definition) is 11. The Morgan fingerprint density at radius 3 is 2.33 bits per heavy atom. The van der Waals surface area contributed by atoms with Gasteiger partial charge in [-0.2, -0.15) is 0 Å². The number of nitrogens with one attached hydrogen (secondary N) is 1. The highest BCUT2D eigenvalue weighted by atomic mass is 16.7. The summed E-state index contributed by atoms with van der Waals surface area (Å²) in [5, 5.41) is 24.3.